The minimum Gasteiger partial charge on any atom is -0.314 e. The number of benzene rings is 1. The Balaban J connectivity index is 1.25. The fourth-order valence-electron chi connectivity index (χ4n) is 4.16. The Morgan fingerprint density at radius 2 is 1.70 bits per heavy atom. The van der Waals surface area contributed by atoms with Crippen molar-refractivity contribution in [1.82, 2.24) is 29.2 Å². The average molecular weight is 399 g/mol. The molecule has 6 heteroatoms. The van der Waals surface area contributed by atoms with E-state index >= 15 is 0 Å². The van der Waals surface area contributed by atoms with Crippen molar-refractivity contribution in [2.75, 3.05) is 13.1 Å². The van der Waals surface area contributed by atoms with Gasteiger partial charge in [-0.1, -0.05) is 36.4 Å². The van der Waals surface area contributed by atoms with Gasteiger partial charge in [0.1, 0.15) is 17.5 Å². The maximum atomic E-state index is 4.50. The zero-order valence-electron chi connectivity index (χ0n) is 17.1. The van der Waals surface area contributed by atoms with E-state index in [1.54, 1.807) is 0 Å². The molecule has 0 spiro atoms. The molecule has 0 saturated carbocycles. The highest BCUT2D eigenvalue weighted by atomic mass is 15.3. The van der Waals surface area contributed by atoms with E-state index in [-0.39, 0.29) is 0 Å². The molecule has 0 fully saturated rings. The fraction of sp³-hybridized carbons (Fsp3) is 0.292. The van der Waals surface area contributed by atoms with Crippen LogP contribution in [0.25, 0.3) is 5.82 Å². The predicted molar refractivity (Wildman–Crippen MR) is 116 cm³/mol. The first-order valence-corrected chi connectivity index (χ1v) is 10.6. The van der Waals surface area contributed by atoms with Gasteiger partial charge in [-0.15, -0.1) is 10.2 Å². The van der Waals surface area contributed by atoms with Gasteiger partial charge in [-0.05, 0) is 36.2 Å². The van der Waals surface area contributed by atoms with Crippen LogP contribution < -0.4 is 0 Å². The smallest absolute Gasteiger partial charge is 0.136 e. The monoisotopic (exact) mass is 398 g/mol. The van der Waals surface area contributed by atoms with Crippen LogP contribution in [0.5, 0.6) is 0 Å². The third kappa shape index (κ3) is 4.04. The van der Waals surface area contributed by atoms with Gasteiger partial charge in [-0.3, -0.25) is 4.90 Å². The lowest BCUT2D eigenvalue weighted by molar-refractivity contribution is 0.265. The first-order chi connectivity index (χ1) is 14.9. The van der Waals surface area contributed by atoms with Crippen molar-refractivity contribution in [2.24, 2.45) is 0 Å². The summed E-state index contributed by atoms with van der Waals surface area (Å²) in [5.74, 6) is 3.18. The molecule has 1 aliphatic heterocycles. The minimum atomic E-state index is 0.904. The van der Waals surface area contributed by atoms with Crippen molar-refractivity contribution in [3.8, 4) is 5.82 Å². The molecule has 0 atom stereocenters. The molecule has 30 heavy (non-hydrogen) atoms. The fourth-order valence-corrected chi connectivity index (χ4v) is 4.16. The summed E-state index contributed by atoms with van der Waals surface area (Å²) in [6.45, 7) is 3.83. The lowest BCUT2D eigenvalue weighted by Gasteiger charge is -2.20. The Morgan fingerprint density at radius 3 is 2.57 bits per heavy atom. The Morgan fingerprint density at radius 1 is 0.800 bits per heavy atom. The summed E-state index contributed by atoms with van der Waals surface area (Å²) in [6, 6.07) is 20.9. The zero-order valence-corrected chi connectivity index (χ0v) is 17.1. The maximum absolute atomic E-state index is 4.50. The van der Waals surface area contributed by atoms with Gasteiger partial charge in [0.15, 0.2) is 0 Å². The quantitative estimate of drug-likeness (QED) is 0.500. The third-order valence-electron chi connectivity index (χ3n) is 5.79. The number of pyridine rings is 1. The van der Waals surface area contributed by atoms with Crippen LogP contribution >= 0.6 is 0 Å². The molecular weight excluding hydrogens is 372 g/mol. The normalized spacial score (nSPS) is 14.4. The maximum Gasteiger partial charge on any atom is 0.136 e. The third-order valence-corrected chi connectivity index (χ3v) is 5.79. The van der Waals surface area contributed by atoms with Gasteiger partial charge >= 0.3 is 0 Å². The molecule has 3 aromatic heterocycles. The van der Waals surface area contributed by atoms with Crippen LogP contribution in [0.4, 0.5) is 0 Å². The number of hydrogen-bond donors (Lipinski definition) is 0. The predicted octanol–water partition coefficient (Wildman–Crippen LogP) is 3.31. The summed E-state index contributed by atoms with van der Waals surface area (Å²) >= 11 is 0. The van der Waals surface area contributed by atoms with Crippen molar-refractivity contribution in [2.45, 2.75) is 32.4 Å². The van der Waals surface area contributed by atoms with E-state index in [4.69, 9.17) is 0 Å². The van der Waals surface area contributed by atoms with Gasteiger partial charge in [0.05, 0.1) is 0 Å². The van der Waals surface area contributed by atoms with Gasteiger partial charge in [-0.25, -0.2) is 4.98 Å². The van der Waals surface area contributed by atoms with Crippen LogP contribution in [-0.2, 0) is 32.4 Å². The first kappa shape index (κ1) is 18.8. The highest BCUT2D eigenvalue weighted by molar-refractivity contribution is 5.27. The van der Waals surface area contributed by atoms with Crippen molar-refractivity contribution in [1.29, 1.82) is 0 Å². The summed E-state index contributed by atoms with van der Waals surface area (Å²) in [6.07, 6.45) is 6.79. The number of hydrogen-bond acceptors (Lipinski definition) is 4. The average Bonchev–Trinajstić information content (AvgIpc) is 3.37. The first-order valence-electron chi connectivity index (χ1n) is 10.6. The highest BCUT2D eigenvalue weighted by Crippen LogP contribution is 2.16. The van der Waals surface area contributed by atoms with E-state index < -0.39 is 0 Å². The molecule has 1 aromatic carbocycles. The van der Waals surface area contributed by atoms with E-state index in [0.717, 1.165) is 62.9 Å². The molecule has 0 amide bonds. The van der Waals surface area contributed by atoms with Gasteiger partial charge < -0.3 is 9.13 Å². The Labute approximate surface area is 176 Å². The zero-order chi connectivity index (χ0) is 20.2. The molecule has 6 nitrogen and oxygen atoms in total. The van der Waals surface area contributed by atoms with Crippen LogP contribution in [0.3, 0.4) is 0 Å². The number of aryl methyl sites for hydroxylation is 2. The molecule has 1 aliphatic rings. The summed E-state index contributed by atoms with van der Waals surface area (Å²) < 4.78 is 4.51. The van der Waals surface area contributed by atoms with Gasteiger partial charge in [0.25, 0.3) is 0 Å². The summed E-state index contributed by atoms with van der Waals surface area (Å²) in [4.78, 5) is 7.00. The van der Waals surface area contributed by atoms with E-state index in [9.17, 15) is 0 Å². The standard InChI is InChI=1S/C24H26N6/c1-2-7-20(8-3-1)11-12-23-26-27-24-13-16-28(17-18-30(23)24)19-21-9-6-15-29(21)22-10-4-5-14-25-22/h1-10,14-15H,11-13,16-19H2. The van der Waals surface area contributed by atoms with Gasteiger partial charge in [0.2, 0.25) is 0 Å². The van der Waals surface area contributed by atoms with Crippen LogP contribution in [0.2, 0.25) is 0 Å². The van der Waals surface area contributed by atoms with Crippen molar-refractivity contribution >= 4 is 0 Å². The summed E-state index contributed by atoms with van der Waals surface area (Å²) in [5, 5.41) is 8.99. The molecular formula is C24H26N6. The number of nitrogens with zero attached hydrogens (tertiary/aromatic N) is 6. The Bertz CT molecular complexity index is 1080. The van der Waals surface area contributed by atoms with Crippen molar-refractivity contribution < 1.29 is 0 Å². The van der Waals surface area contributed by atoms with E-state index in [1.807, 2.05) is 24.4 Å². The SMILES string of the molecule is c1ccc(CCc2nnc3n2CCN(Cc2cccn2-c2ccccn2)CC3)cc1. The van der Waals surface area contributed by atoms with Crippen LogP contribution in [0, 0.1) is 0 Å². The Kier molecular flexibility index (Phi) is 5.40. The Hall–Kier alpha value is -3.25. The highest BCUT2D eigenvalue weighted by Gasteiger charge is 2.19. The molecule has 0 aliphatic carbocycles. The lowest BCUT2D eigenvalue weighted by Crippen LogP contribution is -2.27. The second kappa shape index (κ2) is 8.63. The number of fused-ring (bicyclic) bond motifs is 1. The van der Waals surface area contributed by atoms with Crippen LogP contribution in [-0.4, -0.2) is 42.3 Å². The molecule has 0 bridgehead atoms. The van der Waals surface area contributed by atoms with Crippen LogP contribution in [0.1, 0.15) is 22.9 Å². The number of rotatable bonds is 6. The number of aromatic nitrogens is 5. The molecule has 4 heterocycles. The lowest BCUT2D eigenvalue weighted by atomic mass is 10.1. The molecule has 0 saturated heterocycles. The largest absolute Gasteiger partial charge is 0.314 e. The van der Waals surface area contributed by atoms with E-state index in [1.165, 1.54) is 11.3 Å². The van der Waals surface area contributed by atoms with Crippen molar-refractivity contribution in [3.05, 3.63) is 96.0 Å². The summed E-state index contributed by atoms with van der Waals surface area (Å²) in [7, 11) is 0. The van der Waals surface area contributed by atoms with E-state index in [0.29, 0.717) is 0 Å². The molecule has 4 aromatic rings. The van der Waals surface area contributed by atoms with Gasteiger partial charge in [0, 0.05) is 57.1 Å². The summed E-state index contributed by atoms with van der Waals surface area (Å²) in [5.41, 5.74) is 2.61. The molecule has 0 N–H and O–H groups in total. The van der Waals surface area contributed by atoms with Crippen LogP contribution in [0.15, 0.2) is 73.1 Å². The molecule has 0 radical (unpaired) electrons. The molecule has 5 rings (SSSR count). The van der Waals surface area contributed by atoms with Gasteiger partial charge in [-0.2, -0.15) is 0 Å². The molecule has 152 valence electrons. The second-order valence-corrected chi connectivity index (χ2v) is 7.75. The second-order valence-electron chi connectivity index (χ2n) is 7.75. The van der Waals surface area contributed by atoms with Crippen molar-refractivity contribution in [3.63, 3.8) is 0 Å². The molecule has 0 unspecified atom stereocenters. The van der Waals surface area contributed by atoms with E-state index in [2.05, 4.69) is 77.9 Å². The minimum absolute atomic E-state index is 0.904. The topological polar surface area (TPSA) is 51.8 Å².